The minimum atomic E-state index is -0.539. The van der Waals surface area contributed by atoms with Crippen LogP contribution in [0.25, 0.3) is 11.5 Å². The lowest BCUT2D eigenvalue weighted by Gasteiger charge is -2.34. The fourth-order valence-corrected chi connectivity index (χ4v) is 3.07. The molecule has 1 fully saturated rings. The van der Waals surface area contributed by atoms with Crippen LogP contribution >= 0.6 is 0 Å². The molecule has 1 aliphatic rings. The van der Waals surface area contributed by atoms with Crippen molar-refractivity contribution in [2.24, 2.45) is 0 Å². The minimum absolute atomic E-state index is 0.0488. The van der Waals surface area contributed by atoms with E-state index >= 15 is 0 Å². The lowest BCUT2D eigenvalue weighted by atomic mass is 10.1. The van der Waals surface area contributed by atoms with Crippen LogP contribution in [0.4, 0.5) is 4.39 Å². The van der Waals surface area contributed by atoms with Gasteiger partial charge in [0, 0.05) is 32.2 Å². The van der Waals surface area contributed by atoms with Crippen LogP contribution in [-0.4, -0.2) is 58.0 Å². The Bertz CT molecular complexity index is 959. The van der Waals surface area contributed by atoms with Gasteiger partial charge >= 0.3 is 0 Å². The molecule has 1 aliphatic heterocycles. The van der Waals surface area contributed by atoms with E-state index in [1.165, 1.54) is 12.1 Å². The van der Waals surface area contributed by atoms with Gasteiger partial charge in [0.2, 0.25) is 0 Å². The van der Waals surface area contributed by atoms with Crippen molar-refractivity contribution in [3.8, 4) is 11.5 Å². The minimum Gasteiger partial charge on any atom is -0.463 e. The van der Waals surface area contributed by atoms with Crippen LogP contribution in [0.3, 0.4) is 0 Å². The Morgan fingerprint density at radius 1 is 1.00 bits per heavy atom. The number of hydrogen-bond acceptors (Lipinski definition) is 4. The summed E-state index contributed by atoms with van der Waals surface area (Å²) in [5.74, 6) is -0.521. The summed E-state index contributed by atoms with van der Waals surface area (Å²) in [6.07, 6.45) is 1.55. The summed E-state index contributed by atoms with van der Waals surface area (Å²) in [4.78, 5) is 28.3. The first kappa shape index (κ1) is 17.0. The van der Waals surface area contributed by atoms with Crippen LogP contribution in [0.15, 0.2) is 53.1 Å². The third-order valence-electron chi connectivity index (χ3n) is 4.54. The second-order valence-corrected chi connectivity index (χ2v) is 6.21. The highest BCUT2D eigenvalue weighted by atomic mass is 19.1. The van der Waals surface area contributed by atoms with Gasteiger partial charge in [0.25, 0.3) is 11.8 Å². The molecule has 0 bridgehead atoms. The number of nitrogens with one attached hydrogen (secondary N) is 1. The quantitative estimate of drug-likeness (QED) is 0.770. The van der Waals surface area contributed by atoms with Crippen molar-refractivity contribution in [1.82, 2.24) is 20.0 Å². The Balaban J connectivity index is 1.40. The van der Waals surface area contributed by atoms with Crippen molar-refractivity contribution >= 4 is 11.8 Å². The molecule has 7 nitrogen and oxygen atoms in total. The Morgan fingerprint density at radius 3 is 2.37 bits per heavy atom. The molecule has 1 saturated heterocycles. The molecular formula is C19H17FN4O3. The molecule has 4 rings (SSSR count). The van der Waals surface area contributed by atoms with Crippen molar-refractivity contribution < 1.29 is 18.4 Å². The molecule has 0 radical (unpaired) electrons. The second kappa shape index (κ2) is 7.06. The number of benzene rings is 1. The number of halogens is 1. The van der Waals surface area contributed by atoms with Gasteiger partial charge in [-0.15, -0.1) is 0 Å². The topological polar surface area (TPSA) is 82.4 Å². The highest BCUT2D eigenvalue weighted by Gasteiger charge is 2.27. The number of furan rings is 1. The highest BCUT2D eigenvalue weighted by Crippen LogP contribution is 2.19. The van der Waals surface area contributed by atoms with Crippen molar-refractivity contribution in [1.29, 1.82) is 0 Å². The van der Waals surface area contributed by atoms with Crippen LogP contribution in [-0.2, 0) is 0 Å². The van der Waals surface area contributed by atoms with Crippen LogP contribution in [0.5, 0.6) is 0 Å². The predicted molar refractivity (Wildman–Crippen MR) is 94.5 cm³/mol. The molecular weight excluding hydrogens is 351 g/mol. The molecule has 27 heavy (non-hydrogen) atoms. The molecule has 1 aromatic carbocycles. The van der Waals surface area contributed by atoms with E-state index in [1.807, 2.05) is 0 Å². The van der Waals surface area contributed by atoms with Gasteiger partial charge < -0.3 is 14.2 Å². The number of carbonyl (C=O) groups is 2. The Hall–Kier alpha value is -3.42. The molecule has 1 N–H and O–H groups in total. The molecule has 138 valence electrons. The van der Waals surface area contributed by atoms with E-state index in [9.17, 15) is 14.0 Å². The van der Waals surface area contributed by atoms with Crippen LogP contribution < -0.4 is 0 Å². The van der Waals surface area contributed by atoms with Crippen LogP contribution in [0.2, 0.25) is 0 Å². The molecule has 2 amide bonds. The van der Waals surface area contributed by atoms with Gasteiger partial charge in [-0.1, -0.05) is 12.1 Å². The van der Waals surface area contributed by atoms with Gasteiger partial charge in [0.05, 0.1) is 11.8 Å². The lowest BCUT2D eigenvalue weighted by Crippen LogP contribution is -2.50. The molecule has 0 aliphatic carbocycles. The third-order valence-corrected chi connectivity index (χ3v) is 4.54. The number of carbonyl (C=O) groups excluding carboxylic acids is 2. The molecule has 0 saturated carbocycles. The number of nitrogens with zero attached hydrogens (tertiary/aromatic N) is 3. The molecule has 0 atom stereocenters. The first-order chi connectivity index (χ1) is 13.1. The zero-order valence-electron chi connectivity index (χ0n) is 14.4. The summed E-state index contributed by atoms with van der Waals surface area (Å²) in [5.41, 5.74) is 0.958. The average Bonchev–Trinajstić information content (AvgIpc) is 3.39. The van der Waals surface area contributed by atoms with E-state index in [0.717, 1.165) is 0 Å². The zero-order valence-corrected chi connectivity index (χ0v) is 14.4. The summed E-state index contributed by atoms with van der Waals surface area (Å²) in [6, 6.07) is 11.1. The number of H-pyrrole nitrogens is 1. The SMILES string of the molecule is O=C(c1cc(-c2ccco2)[nH]n1)N1CCN(C(=O)c2ccccc2F)CC1. The number of hydrogen-bond donors (Lipinski definition) is 1. The van der Waals surface area contributed by atoms with E-state index in [4.69, 9.17) is 4.42 Å². The number of amides is 2. The second-order valence-electron chi connectivity index (χ2n) is 6.21. The highest BCUT2D eigenvalue weighted by molar-refractivity contribution is 5.95. The van der Waals surface area contributed by atoms with Gasteiger partial charge in [-0.3, -0.25) is 14.7 Å². The first-order valence-corrected chi connectivity index (χ1v) is 8.56. The zero-order chi connectivity index (χ0) is 18.8. The summed E-state index contributed by atoms with van der Waals surface area (Å²) >= 11 is 0. The summed E-state index contributed by atoms with van der Waals surface area (Å²) in [6.45, 7) is 1.41. The lowest BCUT2D eigenvalue weighted by molar-refractivity contribution is 0.0529. The van der Waals surface area contributed by atoms with Crippen molar-refractivity contribution in [3.63, 3.8) is 0 Å². The van der Waals surface area contributed by atoms with Gasteiger partial charge in [-0.25, -0.2) is 4.39 Å². The van der Waals surface area contributed by atoms with Gasteiger partial charge in [0.15, 0.2) is 11.5 Å². The van der Waals surface area contributed by atoms with Crippen molar-refractivity contribution in [2.75, 3.05) is 26.2 Å². The van der Waals surface area contributed by atoms with E-state index in [1.54, 1.807) is 46.4 Å². The van der Waals surface area contributed by atoms with E-state index in [-0.39, 0.29) is 23.1 Å². The van der Waals surface area contributed by atoms with Gasteiger partial charge in [0.1, 0.15) is 11.5 Å². The van der Waals surface area contributed by atoms with Crippen LogP contribution in [0.1, 0.15) is 20.8 Å². The Labute approximate surface area is 154 Å². The molecule has 8 heteroatoms. The van der Waals surface area contributed by atoms with E-state index in [0.29, 0.717) is 37.6 Å². The number of piperazine rings is 1. The average molecular weight is 368 g/mol. The summed E-state index contributed by atoms with van der Waals surface area (Å²) in [5, 5.41) is 6.84. The van der Waals surface area contributed by atoms with Gasteiger partial charge in [-0.2, -0.15) is 5.10 Å². The molecule has 3 aromatic rings. The first-order valence-electron chi connectivity index (χ1n) is 8.56. The number of aromatic amines is 1. The van der Waals surface area contributed by atoms with Crippen molar-refractivity contribution in [2.45, 2.75) is 0 Å². The van der Waals surface area contributed by atoms with Crippen LogP contribution in [0, 0.1) is 5.82 Å². The maximum atomic E-state index is 13.8. The summed E-state index contributed by atoms with van der Waals surface area (Å²) < 4.78 is 19.1. The van der Waals surface area contributed by atoms with Crippen molar-refractivity contribution in [3.05, 3.63) is 65.8 Å². The molecule has 2 aromatic heterocycles. The predicted octanol–water partition coefficient (Wildman–Crippen LogP) is 2.41. The third kappa shape index (κ3) is 3.33. The summed E-state index contributed by atoms with van der Waals surface area (Å²) in [7, 11) is 0. The Morgan fingerprint density at radius 2 is 1.70 bits per heavy atom. The number of aromatic nitrogens is 2. The fourth-order valence-electron chi connectivity index (χ4n) is 3.07. The molecule has 0 unspecified atom stereocenters. The Kier molecular flexibility index (Phi) is 4.45. The van der Waals surface area contributed by atoms with E-state index < -0.39 is 5.82 Å². The van der Waals surface area contributed by atoms with Gasteiger partial charge in [-0.05, 0) is 24.3 Å². The largest absolute Gasteiger partial charge is 0.463 e. The monoisotopic (exact) mass is 368 g/mol. The normalized spacial score (nSPS) is 14.4. The maximum Gasteiger partial charge on any atom is 0.274 e. The fraction of sp³-hybridized carbons (Fsp3) is 0.211. The standard InChI is InChI=1S/C19H17FN4O3/c20-14-5-2-1-4-13(14)18(25)23-7-9-24(10-8-23)19(26)16-12-15(21-22-16)17-6-3-11-27-17/h1-6,11-12H,7-10H2,(H,21,22). The molecule has 3 heterocycles. The maximum absolute atomic E-state index is 13.8. The number of rotatable bonds is 3. The molecule has 0 spiro atoms. The van der Waals surface area contributed by atoms with E-state index in [2.05, 4.69) is 10.2 Å². The smallest absolute Gasteiger partial charge is 0.274 e.